The zero-order chi connectivity index (χ0) is 19.8. The molecule has 0 aromatic carbocycles. The number of hydrogen-bond donors (Lipinski definition) is 2. The first-order valence-corrected chi connectivity index (χ1v) is 11.0. The van der Waals surface area contributed by atoms with E-state index in [1.165, 1.54) is 0 Å². The van der Waals surface area contributed by atoms with Crippen molar-refractivity contribution in [2.24, 2.45) is 11.8 Å². The van der Waals surface area contributed by atoms with Crippen molar-refractivity contribution in [2.45, 2.75) is 38.5 Å². The van der Waals surface area contributed by atoms with Gasteiger partial charge in [-0.05, 0) is 43.0 Å². The van der Waals surface area contributed by atoms with Crippen molar-refractivity contribution in [3.8, 4) is 10.8 Å². The van der Waals surface area contributed by atoms with Crippen LogP contribution < -0.4 is 5.32 Å². The molecule has 2 N–H and O–H groups in total. The first-order valence-electron chi connectivity index (χ1n) is 10.1. The summed E-state index contributed by atoms with van der Waals surface area (Å²) in [6.45, 7) is 4.82. The molecule has 1 aliphatic heterocycles. The van der Waals surface area contributed by atoms with E-state index < -0.39 is 0 Å². The molecule has 1 saturated heterocycles. The molecule has 4 heterocycles. The second kappa shape index (κ2) is 7.85. The summed E-state index contributed by atoms with van der Waals surface area (Å²) >= 11 is 1.64. The highest BCUT2D eigenvalue weighted by atomic mass is 32.1. The standard InChI is InChI=1S/C21H25N5O2S/c1-13-17(25-21(28-13)19-3-2-6-29-19)12-26-10-14-7-16(18(27)8-15(14)11-26)24-20-9-22-4-5-23-20/h2-6,9,14-16,18,27H,7-8,10-12H2,1H3,(H,23,24)/t14-,15+,16-,18-/m1/s1. The van der Waals surface area contributed by atoms with E-state index in [9.17, 15) is 5.11 Å². The maximum Gasteiger partial charge on any atom is 0.236 e. The number of anilines is 1. The average molecular weight is 412 g/mol. The average Bonchev–Trinajstić information content (AvgIpc) is 3.44. The topological polar surface area (TPSA) is 87.3 Å². The Labute approximate surface area is 173 Å². The third-order valence-electron chi connectivity index (χ3n) is 6.11. The Balaban J connectivity index is 1.23. The predicted molar refractivity (Wildman–Crippen MR) is 111 cm³/mol. The van der Waals surface area contributed by atoms with Crippen molar-refractivity contribution in [3.63, 3.8) is 0 Å². The van der Waals surface area contributed by atoms with Gasteiger partial charge >= 0.3 is 0 Å². The molecule has 5 rings (SSSR count). The molecule has 3 aromatic heterocycles. The number of hydrogen-bond acceptors (Lipinski definition) is 8. The molecular weight excluding hydrogens is 386 g/mol. The van der Waals surface area contributed by atoms with Crippen molar-refractivity contribution in [1.82, 2.24) is 19.9 Å². The van der Waals surface area contributed by atoms with E-state index in [0.717, 1.165) is 54.6 Å². The number of aliphatic hydroxyl groups is 1. The molecule has 4 atom stereocenters. The van der Waals surface area contributed by atoms with Gasteiger partial charge in [0.1, 0.15) is 11.6 Å². The minimum Gasteiger partial charge on any atom is -0.440 e. The molecular formula is C21H25N5O2S. The van der Waals surface area contributed by atoms with E-state index in [-0.39, 0.29) is 12.1 Å². The van der Waals surface area contributed by atoms with E-state index in [0.29, 0.717) is 17.7 Å². The van der Waals surface area contributed by atoms with Crippen LogP contribution in [0.25, 0.3) is 10.8 Å². The fourth-order valence-electron chi connectivity index (χ4n) is 4.67. The summed E-state index contributed by atoms with van der Waals surface area (Å²) in [5.74, 6) is 3.42. The quantitative estimate of drug-likeness (QED) is 0.667. The van der Waals surface area contributed by atoms with Gasteiger partial charge in [0, 0.05) is 32.0 Å². The molecule has 1 saturated carbocycles. The number of likely N-dealkylation sites (tertiary alicyclic amines) is 1. The summed E-state index contributed by atoms with van der Waals surface area (Å²) in [7, 11) is 0. The Morgan fingerprint density at radius 1 is 1.28 bits per heavy atom. The molecule has 1 aliphatic carbocycles. The molecule has 2 fully saturated rings. The monoisotopic (exact) mass is 411 g/mol. The van der Waals surface area contributed by atoms with Crippen LogP contribution >= 0.6 is 11.3 Å². The molecule has 0 unspecified atom stereocenters. The molecule has 29 heavy (non-hydrogen) atoms. The summed E-state index contributed by atoms with van der Waals surface area (Å²) in [4.78, 5) is 16.6. The zero-order valence-electron chi connectivity index (χ0n) is 16.4. The van der Waals surface area contributed by atoms with E-state index in [1.54, 1.807) is 29.9 Å². The number of aliphatic hydroxyl groups excluding tert-OH is 1. The molecule has 2 aliphatic rings. The van der Waals surface area contributed by atoms with Gasteiger partial charge in [-0.15, -0.1) is 11.3 Å². The Hall–Kier alpha value is -2.29. The van der Waals surface area contributed by atoms with Crippen molar-refractivity contribution in [2.75, 3.05) is 18.4 Å². The van der Waals surface area contributed by atoms with Crippen LogP contribution in [0, 0.1) is 18.8 Å². The first kappa shape index (κ1) is 18.7. The van der Waals surface area contributed by atoms with Crippen molar-refractivity contribution in [1.29, 1.82) is 0 Å². The summed E-state index contributed by atoms with van der Waals surface area (Å²) < 4.78 is 5.90. The van der Waals surface area contributed by atoms with Gasteiger partial charge in [0.15, 0.2) is 0 Å². The molecule has 0 bridgehead atoms. The van der Waals surface area contributed by atoms with Crippen LogP contribution in [-0.2, 0) is 6.54 Å². The highest BCUT2D eigenvalue weighted by Crippen LogP contribution is 2.38. The predicted octanol–water partition coefficient (Wildman–Crippen LogP) is 3.18. The molecule has 8 heteroatoms. The van der Waals surface area contributed by atoms with Gasteiger partial charge < -0.3 is 14.8 Å². The van der Waals surface area contributed by atoms with Gasteiger partial charge in [-0.1, -0.05) is 6.07 Å². The third kappa shape index (κ3) is 3.92. The van der Waals surface area contributed by atoms with Crippen molar-refractivity contribution in [3.05, 3.63) is 47.6 Å². The highest BCUT2D eigenvalue weighted by Gasteiger charge is 2.42. The van der Waals surface area contributed by atoms with E-state index in [4.69, 9.17) is 9.40 Å². The van der Waals surface area contributed by atoms with E-state index in [2.05, 4.69) is 20.2 Å². The number of rotatable bonds is 5. The first-order chi connectivity index (χ1) is 14.2. The van der Waals surface area contributed by atoms with Gasteiger partial charge in [-0.25, -0.2) is 9.97 Å². The molecule has 152 valence electrons. The molecule has 0 amide bonds. The van der Waals surface area contributed by atoms with Gasteiger partial charge in [0.25, 0.3) is 0 Å². The lowest BCUT2D eigenvalue weighted by Gasteiger charge is -2.35. The largest absolute Gasteiger partial charge is 0.440 e. The van der Waals surface area contributed by atoms with Gasteiger partial charge in [-0.3, -0.25) is 9.88 Å². The lowest BCUT2D eigenvalue weighted by molar-refractivity contribution is 0.0735. The SMILES string of the molecule is Cc1oc(-c2cccs2)nc1CN1C[C@H]2C[C@@H](Nc3cnccn3)[C@H](O)C[C@H]2C1. The zero-order valence-corrected chi connectivity index (χ0v) is 17.2. The van der Waals surface area contributed by atoms with Crippen molar-refractivity contribution >= 4 is 17.2 Å². The lowest BCUT2D eigenvalue weighted by atomic mass is 9.77. The third-order valence-corrected chi connectivity index (χ3v) is 6.97. The van der Waals surface area contributed by atoms with Gasteiger partial charge in [-0.2, -0.15) is 0 Å². The second-order valence-electron chi connectivity index (χ2n) is 8.09. The summed E-state index contributed by atoms with van der Waals surface area (Å²) in [5, 5.41) is 16.1. The number of thiophene rings is 1. The second-order valence-corrected chi connectivity index (χ2v) is 9.04. The van der Waals surface area contributed by atoms with Crippen LogP contribution in [0.4, 0.5) is 5.82 Å². The van der Waals surface area contributed by atoms with Crippen LogP contribution in [0.5, 0.6) is 0 Å². The van der Waals surface area contributed by atoms with Gasteiger partial charge in [0.2, 0.25) is 5.89 Å². The van der Waals surface area contributed by atoms with Crippen LogP contribution in [0.2, 0.25) is 0 Å². The Bertz CT molecular complexity index is 945. The number of fused-ring (bicyclic) bond motifs is 1. The normalized spacial score (nSPS) is 27.1. The molecule has 7 nitrogen and oxygen atoms in total. The van der Waals surface area contributed by atoms with Gasteiger partial charge in [0.05, 0.1) is 28.9 Å². The minimum atomic E-state index is -0.363. The fourth-order valence-corrected chi connectivity index (χ4v) is 5.32. The van der Waals surface area contributed by atoms with Crippen LogP contribution in [-0.4, -0.2) is 50.2 Å². The number of nitrogens with zero attached hydrogens (tertiary/aromatic N) is 4. The number of aryl methyl sites for hydroxylation is 1. The summed E-state index contributed by atoms with van der Waals surface area (Å²) in [5.41, 5.74) is 1.02. The number of oxazole rings is 1. The maximum absolute atomic E-state index is 10.7. The van der Waals surface area contributed by atoms with Crippen LogP contribution in [0.15, 0.2) is 40.5 Å². The number of nitrogens with one attached hydrogen (secondary N) is 1. The van der Waals surface area contributed by atoms with Crippen molar-refractivity contribution < 1.29 is 9.52 Å². The highest BCUT2D eigenvalue weighted by molar-refractivity contribution is 7.13. The van der Waals surface area contributed by atoms with Crippen LogP contribution in [0.3, 0.4) is 0 Å². The molecule has 0 spiro atoms. The van der Waals surface area contributed by atoms with E-state index >= 15 is 0 Å². The smallest absolute Gasteiger partial charge is 0.236 e. The molecule has 3 aromatic rings. The van der Waals surface area contributed by atoms with E-state index in [1.807, 2.05) is 24.4 Å². The summed E-state index contributed by atoms with van der Waals surface area (Å²) in [6.07, 6.45) is 6.43. The lowest BCUT2D eigenvalue weighted by Crippen LogP contribution is -2.43. The minimum absolute atomic E-state index is 0.0205. The number of aromatic nitrogens is 3. The Morgan fingerprint density at radius 2 is 2.14 bits per heavy atom. The van der Waals surface area contributed by atoms with Crippen LogP contribution in [0.1, 0.15) is 24.3 Å². The Kier molecular flexibility index (Phi) is 5.07. The molecule has 0 radical (unpaired) electrons. The summed E-state index contributed by atoms with van der Waals surface area (Å²) in [6, 6.07) is 4.07. The Morgan fingerprint density at radius 3 is 2.90 bits per heavy atom. The fraction of sp³-hybridized carbons (Fsp3) is 0.476. The maximum atomic E-state index is 10.7.